The van der Waals surface area contributed by atoms with E-state index in [1.54, 1.807) is 19.2 Å². The summed E-state index contributed by atoms with van der Waals surface area (Å²) in [5.74, 6) is 1.39. The van der Waals surface area contributed by atoms with Crippen LogP contribution in [0.1, 0.15) is 32.3 Å². The Morgan fingerprint density at radius 1 is 1.12 bits per heavy atom. The minimum Gasteiger partial charge on any atom is -0.356 e. The van der Waals surface area contributed by atoms with Gasteiger partial charge in [0, 0.05) is 34.2 Å². The molecule has 0 saturated heterocycles. The summed E-state index contributed by atoms with van der Waals surface area (Å²) in [5, 5.41) is 6.58. The molecule has 0 aliphatic rings. The maximum absolute atomic E-state index is 12.0. The van der Waals surface area contributed by atoms with Gasteiger partial charge < -0.3 is 10.6 Å². The Kier molecular flexibility index (Phi) is 8.21. The number of guanidine groups is 1. The minimum atomic E-state index is -3.38. The van der Waals surface area contributed by atoms with Crippen molar-refractivity contribution in [3.8, 4) is 0 Å². The van der Waals surface area contributed by atoms with E-state index in [4.69, 9.17) is 0 Å². The highest BCUT2D eigenvalue weighted by Crippen LogP contribution is 2.13. The molecule has 0 amide bonds. The fraction of sp³-hybridized carbons (Fsp3) is 0.588. The highest BCUT2D eigenvalue weighted by molar-refractivity contribution is 7.89. The second-order valence-corrected chi connectivity index (χ2v) is 8.07. The molecule has 0 bridgehead atoms. The summed E-state index contributed by atoms with van der Waals surface area (Å²) in [4.78, 5) is 4.51. The average molecular weight is 355 g/mol. The Morgan fingerprint density at radius 3 is 2.17 bits per heavy atom. The third-order valence-corrected chi connectivity index (χ3v) is 5.93. The smallest absolute Gasteiger partial charge is 0.242 e. The molecule has 0 aliphatic carbocycles. The fourth-order valence-electron chi connectivity index (χ4n) is 2.21. The predicted molar refractivity (Wildman–Crippen MR) is 99.6 cm³/mol. The normalized spacial score (nSPS) is 12.7. The molecule has 0 radical (unpaired) electrons. The molecular formula is C17H30N4O2S. The first-order valence-electron chi connectivity index (χ1n) is 8.31. The number of nitrogens with zero attached hydrogens (tertiary/aromatic N) is 2. The molecule has 0 fully saturated rings. The Labute approximate surface area is 146 Å². The van der Waals surface area contributed by atoms with Crippen LogP contribution in [0.3, 0.4) is 0 Å². The number of rotatable bonds is 8. The maximum atomic E-state index is 12.0. The van der Waals surface area contributed by atoms with Crippen LogP contribution in [0.2, 0.25) is 0 Å². The van der Waals surface area contributed by atoms with Gasteiger partial charge in [-0.05, 0) is 23.6 Å². The lowest BCUT2D eigenvalue weighted by Gasteiger charge is -2.17. The van der Waals surface area contributed by atoms with E-state index in [-0.39, 0.29) is 0 Å². The summed E-state index contributed by atoms with van der Waals surface area (Å²) in [6.07, 6.45) is 2.28. The lowest BCUT2D eigenvalue weighted by atomic mass is 10.0. The predicted octanol–water partition coefficient (Wildman–Crippen LogP) is 2.04. The van der Waals surface area contributed by atoms with E-state index in [1.807, 2.05) is 12.1 Å². The van der Waals surface area contributed by atoms with Gasteiger partial charge in [0.1, 0.15) is 0 Å². The highest BCUT2D eigenvalue weighted by Gasteiger charge is 2.16. The molecule has 0 saturated carbocycles. The number of aliphatic imine (C=N–C) groups is 1. The number of hydrogen-bond donors (Lipinski definition) is 2. The quantitative estimate of drug-likeness (QED) is 0.553. The van der Waals surface area contributed by atoms with Crippen LogP contribution in [-0.4, -0.2) is 46.4 Å². The molecule has 1 aromatic rings. The van der Waals surface area contributed by atoms with Gasteiger partial charge in [-0.3, -0.25) is 4.99 Å². The number of nitrogens with one attached hydrogen (secondary N) is 2. The second kappa shape index (κ2) is 9.64. The summed E-state index contributed by atoms with van der Waals surface area (Å²) in [7, 11) is 1.42. The zero-order valence-electron chi connectivity index (χ0n) is 15.3. The fourth-order valence-corrected chi connectivity index (χ4v) is 3.12. The van der Waals surface area contributed by atoms with Gasteiger partial charge in [-0.2, -0.15) is 0 Å². The third kappa shape index (κ3) is 5.79. The minimum absolute atomic E-state index is 0.299. The van der Waals surface area contributed by atoms with E-state index >= 15 is 0 Å². The first-order chi connectivity index (χ1) is 11.3. The van der Waals surface area contributed by atoms with E-state index in [2.05, 4.69) is 29.5 Å². The summed E-state index contributed by atoms with van der Waals surface area (Å²) in [6.45, 7) is 5.86. The van der Waals surface area contributed by atoms with E-state index in [9.17, 15) is 8.42 Å². The SMILES string of the molecule is CCC(CC)CNC(=NC)NCc1ccc(S(=O)(=O)N(C)C)cc1. The molecule has 2 N–H and O–H groups in total. The van der Waals surface area contributed by atoms with E-state index in [1.165, 1.54) is 18.4 Å². The van der Waals surface area contributed by atoms with Gasteiger partial charge in [0.15, 0.2) is 5.96 Å². The van der Waals surface area contributed by atoms with Gasteiger partial charge in [-0.25, -0.2) is 12.7 Å². The van der Waals surface area contributed by atoms with E-state index in [0.717, 1.165) is 30.9 Å². The van der Waals surface area contributed by atoms with Crippen LogP contribution in [0.15, 0.2) is 34.2 Å². The van der Waals surface area contributed by atoms with Crippen molar-refractivity contribution < 1.29 is 8.42 Å². The number of hydrogen-bond acceptors (Lipinski definition) is 3. The van der Waals surface area contributed by atoms with E-state index in [0.29, 0.717) is 17.4 Å². The first kappa shape index (κ1) is 20.4. The topological polar surface area (TPSA) is 73.8 Å². The standard InChI is InChI=1S/C17H30N4O2S/c1-6-14(7-2)12-19-17(18-3)20-13-15-8-10-16(11-9-15)24(22,23)21(4)5/h8-11,14H,6-7,12-13H2,1-5H3,(H2,18,19,20). The Morgan fingerprint density at radius 2 is 1.71 bits per heavy atom. The molecular weight excluding hydrogens is 324 g/mol. The molecule has 1 aromatic carbocycles. The largest absolute Gasteiger partial charge is 0.356 e. The van der Waals surface area contributed by atoms with Crippen molar-refractivity contribution in [3.05, 3.63) is 29.8 Å². The molecule has 0 aliphatic heterocycles. The van der Waals surface area contributed by atoms with Crippen LogP contribution in [0, 0.1) is 5.92 Å². The summed E-state index contributed by atoms with van der Waals surface area (Å²) in [5.41, 5.74) is 0.998. The van der Waals surface area contributed by atoms with Crippen molar-refractivity contribution in [2.75, 3.05) is 27.7 Å². The van der Waals surface area contributed by atoms with Gasteiger partial charge in [-0.1, -0.05) is 38.8 Å². The summed E-state index contributed by atoms with van der Waals surface area (Å²) >= 11 is 0. The zero-order valence-corrected chi connectivity index (χ0v) is 16.2. The van der Waals surface area contributed by atoms with Crippen molar-refractivity contribution in [2.45, 2.75) is 38.1 Å². The van der Waals surface area contributed by atoms with Crippen molar-refractivity contribution >= 4 is 16.0 Å². The molecule has 0 atom stereocenters. The van der Waals surface area contributed by atoms with Gasteiger partial charge in [0.05, 0.1) is 4.90 Å². The van der Waals surface area contributed by atoms with Crippen LogP contribution in [-0.2, 0) is 16.6 Å². The molecule has 6 nitrogen and oxygen atoms in total. The molecule has 0 aromatic heterocycles. The van der Waals surface area contributed by atoms with Crippen LogP contribution in [0.5, 0.6) is 0 Å². The number of sulfonamides is 1. The van der Waals surface area contributed by atoms with Crippen LogP contribution >= 0.6 is 0 Å². The van der Waals surface area contributed by atoms with Crippen molar-refractivity contribution in [1.82, 2.24) is 14.9 Å². The number of benzene rings is 1. The van der Waals surface area contributed by atoms with Gasteiger partial charge in [0.2, 0.25) is 10.0 Å². The van der Waals surface area contributed by atoms with Crippen LogP contribution in [0.25, 0.3) is 0 Å². The Hall–Kier alpha value is -1.60. The first-order valence-corrected chi connectivity index (χ1v) is 9.75. The van der Waals surface area contributed by atoms with E-state index < -0.39 is 10.0 Å². The monoisotopic (exact) mass is 354 g/mol. The molecule has 1 rings (SSSR count). The second-order valence-electron chi connectivity index (χ2n) is 5.92. The molecule has 0 unspecified atom stereocenters. The highest BCUT2D eigenvalue weighted by atomic mass is 32.2. The molecule has 0 heterocycles. The maximum Gasteiger partial charge on any atom is 0.242 e. The van der Waals surface area contributed by atoms with Gasteiger partial charge >= 0.3 is 0 Å². The summed E-state index contributed by atoms with van der Waals surface area (Å²) in [6, 6.07) is 6.90. The lowest BCUT2D eigenvalue weighted by Crippen LogP contribution is -2.39. The Bertz CT molecular complexity index is 620. The van der Waals surface area contributed by atoms with Crippen LogP contribution in [0.4, 0.5) is 0 Å². The Balaban J connectivity index is 2.61. The third-order valence-electron chi connectivity index (χ3n) is 4.10. The molecule has 136 valence electrons. The van der Waals surface area contributed by atoms with Crippen molar-refractivity contribution in [3.63, 3.8) is 0 Å². The zero-order chi connectivity index (χ0) is 18.2. The van der Waals surface area contributed by atoms with Crippen molar-refractivity contribution in [2.24, 2.45) is 10.9 Å². The van der Waals surface area contributed by atoms with Gasteiger partial charge in [-0.15, -0.1) is 0 Å². The molecule has 0 spiro atoms. The average Bonchev–Trinajstić information content (AvgIpc) is 2.58. The molecule has 7 heteroatoms. The summed E-state index contributed by atoms with van der Waals surface area (Å²) < 4.78 is 25.3. The van der Waals surface area contributed by atoms with Crippen LogP contribution < -0.4 is 10.6 Å². The van der Waals surface area contributed by atoms with Crippen molar-refractivity contribution in [1.29, 1.82) is 0 Å². The van der Waals surface area contributed by atoms with Gasteiger partial charge in [0.25, 0.3) is 0 Å². The lowest BCUT2D eigenvalue weighted by molar-refractivity contribution is 0.481. The molecule has 24 heavy (non-hydrogen) atoms.